The zero-order valence-corrected chi connectivity index (χ0v) is 9.77. The zero-order chi connectivity index (χ0) is 12.5. The van der Waals surface area contributed by atoms with E-state index in [-0.39, 0.29) is 18.1 Å². The van der Waals surface area contributed by atoms with Crippen molar-refractivity contribution < 1.29 is 19.4 Å². The van der Waals surface area contributed by atoms with Crippen molar-refractivity contribution in [3.05, 3.63) is 35.4 Å². The molecule has 1 atom stereocenters. The van der Waals surface area contributed by atoms with Gasteiger partial charge in [-0.2, -0.15) is 0 Å². The summed E-state index contributed by atoms with van der Waals surface area (Å²) >= 11 is 0. The highest BCUT2D eigenvalue weighted by Gasteiger charge is 2.35. The molecular weight excluding hydrogens is 220 g/mol. The Labute approximate surface area is 99.5 Å². The van der Waals surface area contributed by atoms with Crippen molar-refractivity contribution in [2.24, 2.45) is 0 Å². The minimum Gasteiger partial charge on any atom is -0.508 e. The monoisotopic (exact) mass is 234 g/mol. The number of hydrogen-bond acceptors (Lipinski definition) is 4. The quantitative estimate of drug-likeness (QED) is 0.848. The van der Waals surface area contributed by atoms with Gasteiger partial charge in [-0.1, -0.05) is 18.2 Å². The lowest BCUT2D eigenvalue weighted by atomic mass is 10.1. The highest BCUT2D eigenvalue weighted by molar-refractivity contribution is 5.87. The summed E-state index contributed by atoms with van der Waals surface area (Å²) in [7, 11) is 1.42. The maximum Gasteiger partial charge on any atom is 0.249 e. The summed E-state index contributed by atoms with van der Waals surface area (Å²) in [5.74, 6) is -1.43. The predicted molar refractivity (Wildman–Crippen MR) is 62.4 cm³/mol. The SMILES string of the molecule is COC1(C(C)=O)C=Cc2cccc(O)c2CO1. The van der Waals surface area contributed by atoms with Crippen LogP contribution in [0.1, 0.15) is 18.1 Å². The van der Waals surface area contributed by atoms with Gasteiger partial charge in [0.25, 0.3) is 0 Å². The van der Waals surface area contributed by atoms with E-state index < -0.39 is 5.79 Å². The van der Waals surface area contributed by atoms with E-state index in [9.17, 15) is 9.90 Å². The summed E-state index contributed by atoms with van der Waals surface area (Å²) in [6, 6.07) is 5.18. The van der Waals surface area contributed by atoms with Gasteiger partial charge in [-0.15, -0.1) is 0 Å². The topological polar surface area (TPSA) is 55.8 Å². The molecular formula is C13H14O4. The number of carbonyl (C=O) groups excluding carboxylic acids is 1. The maximum atomic E-state index is 11.6. The second kappa shape index (κ2) is 4.31. The predicted octanol–water partition coefficient (Wildman–Crippen LogP) is 1.87. The summed E-state index contributed by atoms with van der Waals surface area (Å²) in [6.07, 6.45) is 3.30. The molecule has 90 valence electrons. The zero-order valence-electron chi connectivity index (χ0n) is 9.77. The standard InChI is InChI=1S/C13H14O4/c1-9(14)13(16-2)7-6-10-4-3-5-12(15)11(10)8-17-13/h3-7,15H,8H2,1-2H3. The van der Waals surface area contributed by atoms with Crippen molar-refractivity contribution in [1.82, 2.24) is 0 Å². The molecule has 0 aromatic heterocycles. The second-order valence-corrected chi connectivity index (χ2v) is 3.89. The van der Waals surface area contributed by atoms with Gasteiger partial charge in [0.2, 0.25) is 5.79 Å². The Kier molecular flexibility index (Phi) is 3.00. The summed E-state index contributed by atoms with van der Waals surface area (Å²) in [5, 5.41) is 9.72. The third-order valence-electron chi connectivity index (χ3n) is 2.89. The molecule has 4 nitrogen and oxygen atoms in total. The number of rotatable bonds is 2. The molecule has 0 aliphatic carbocycles. The lowest BCUT2D eigenvalue weighted by Crippen LogP contribution is -2.39. The molecule has 0 radical (unpaired) electrons. The fourth-order valence-electron chi connectivity index (χ4n) is 1.82. The van der Waals surface area contributed by atoms with Gasteiger partial charge in [0.05, 0.1) is 6.61 Å². The highest BCUT2D eigenvalue weighted by Crippen LogP contribution is 2.30. The van der Waals surface area contributed by atoms with Gasteiger partial charge in [-0.25, -0.2) is 0 Å². The van der Waals surface area contributed by atoms with Crippen LogP contribution < -0.4 is 0 Å². The van der Waals surface area contributed by atoms with Crippen LogP contribution in [0.2, 0.25) is 0 Å². The second-order valence-electron chi connectivity index (χ2n) is 3.89. The first-order valence-corrected chi connectivity index (χ1v) is 5.29. The van der Waals surface area contributed by atoms with Crippen LogP contribution in [-0.2, 0) is 20.9 Å². The summed E-state index contributed by atoms with van der Waals surface area (Å²) in [4.78, 5) is 11.6. The van der Waals surface area contributed by atoms with E-state index in [4.69, 9.17) is 9.47 Å². The molecule has 0 saturated heterocycles. The lowest BCUT2D eigenvalue weighted by Gasteiger charge is -2.25. The van der Waals surface area contributed by atoms with Gasteiger partial charge in [-0.3, -0.25) is 4.79 Å². The van der Waals surface area contributed by atoms with Gasteiger partial charge >= 0.3 is 0 Å². The van der Waals surface area contributed by atoms with Crippen LogP contribution in [0.3, 0.4) is 0 Å². The highest BCUT2D eigenvalue weighted by atomic mass is 16.7. The summed E-state index contributed by atoms with van der Waals surface area (Å²) in [6.45, 7) is 1.53. The molecule has 1 aliphatic rings. The largest absolute Gasteiger partial charge is 0.508 e. The molecule has 0 spiro atoms. The Morgan fingerprint density at radius 2 is 2.29 bits per heavy atom. The van der Waals surface area contributed by atoms with E-state index in [1.54, 1.807) is 24.3 Å². The minimum atomic E-state index is -1.36. The van der Waals surface area contributed by atoms with E-state index in [1.165, 1.54) is 14.0 Å². The van der Waals surface area contributed by atoms with Crippen LogP contribution in [-0.4, -0.2) is 23.8 Å². The van der Waals surface area contributed by atoms with Crippen LogP contribution in [0.5, 0.6) is 5.75 Å². The number of ketones is 1. The van der Waals surface area contributed by atoms with E-state index in [0.29, 0.717) is 5.56 Å². The molecule has 17 heavy (non-hydrogen) atoms. The molecule has 1 N–H and O–H groups in total. The number of aromatic hydroxyl groups is 1. The molecule has 1 aromatic carbocycles. The summed E-state index contributed by atoms with van der Waals surface area (Å²) in [5.41, 5.74) is 1.48. The number of phenols is 1. The number of methoxy groups -OCH3 is 1. The Balaban J connectivity index is 2.44. The summed E-state index contributed by atoms with van der Waals surface area (Å²) < 4.78 is 10.6. The first-order chi connectivity index (χ1) is 8.09. The molecule has 2 rings (SSSR count). The normalized spacial score (nSPS) is 22.9. The van der Waals surface area contributed by atoms with Crippen LogP contribution in [0.15, 0.2) is 24.3 Å². The van der Waals surface area contributed by atoms with Crippen LogP contribution in [0, 0.1) is 0 Å². The number of phenolic OH excluding ortho intramolecular Hbond substituents is 1. The van der Waals surface area contributed by atoms with Crippen molar-refractivity contribution in [2.45, 2.75) is 19.3 Å². The fourth-order valence-corrected chi connectivity index (χ4v) is 1.82. The number of carbonyl (C=O) groups is 1. The van der Waals surface area contributed by atoms with Crippen LogP contribution in [0.25, 0.3) is 6.08 Å². The minimum absolute atomic E-state index is 0.127. The number of benzene rings is 1. The van der Waals surface area contributed by atoms with E-state index in [2.05, 4.69) is 0 Å². The number of hydrogen-bond donors (Lipinski definition) is 1. The Bertz CT molecular complexity index is 478. The van der Waals surface area contributed by atoms with Crippen LogP contribution in [0.4, 0.5) is 0 Å². The Morgan fingerprint density at radius 1 is 1.53 bits per heavy atom. The third-order valence-corrected chi connectivity index (χ3v) is 2.89. The third kappa shape index (κ3) is 1.97. The van der Waals surface area contributed by atoms with Gasteiger partial charge in [0.15, 0.2) is 5.78 Å². The number of fused-ring (bicyclic) bond motifs is 1. The molecule has 0 fully saturated rings. The molecule has 1 unspecified atom stereocenters. The van der Waals surface area contributed by atoms with E-state index >= 15 is 0 Å². The first-order valence-electron chi connectivity index (χ1n) is 5.29. The van der Waals surface area contributed by atoms with Crippen molar-refractivity contribution in [2.75, 3.05) is 7.11 Å². The van der Waals surface area contributed by atoms with Crippen LogP contribution >= 0.6 is 0 Å². The van der Waals surface area contributed by atoms with Gasteiger partial charge in [-0.05, 0) is 17.7 Å². The Hall–Kier alpha value is -1.65. The van der Waals surface area contributed by atoms with Crippen molar-refractivity contribution in [1.29, 1.82) is 0 Å². The number of ether oxygens (including phenoxy) is 2. The van der Waals surface area contributed by atoms with Crippen molar-refractivity contribution >= 4 is 11.9 Å². The van der Waals surface area contributed by atoms with E-state index in [1.807, 2.05) is 6.07 Å². The van der Waals surface area contributed by atoms with Crippen molar-refractivity contribution in [3.63, 3.8) is 0 Å². The molecule has 1 aromatic rings. The van der Waals surface area contributed by atoms with Crippen molar-refractivity contribution in [3.8, 4) is 5.75 Å². The maximum absolute atomic E-state index is 11.6. The number of Topliss-reactive ketones (excluding diaryl/α,β-unsaturated/α-hetero) is 1. The first kappa shape index (κ1) is 11.8. The molecule has 1 heterocycles. The van der Waals surface area contributed by atoms with E-state index in [0.717, 1.165) is 5.56 Å². The molecule has 0 amide bonds. The van der Waals surface area contributed by atoms with Gasteiger partial charge in [0.1, 0.15) is 5.75 Å². The average Bonchev–Trinajstić information content (AvgIpc) is 2.50. The van der Waals surface area contributed by atoms with Gasteiger partial charge < -0.3 is 14.6 Å². The lowest BCUT2D eigenvalue weighted by molar-refractivity contribution is -0.197. The molecule has 0 bridgehead atoms. The fraction of sp³-hybridized carbons (Fsp3) is 0.308. The average molecular weight is 234 g/mol. The van der Waals surface area contributed by atoms with Gasteiger partial charge in [0, 0.05) is 19.6 Å². The molecule has 4 heteroatoms. The Morgan fingerprint density at radius 3 is 2.94 bits per heavy atom. The molecule has 0 saturated carbocycles. The smallest absolute Gasteiger partial charge is 0.249 e. The molecule has 1 aliphatic heterocycles.